The van der Waals surface area contributed by atoms with Gasteiger partial charge in [-0.05, 0) is 68.0 Å². The number of methoxy groups -OCH3 is 1. The van der Waals surface area contributed by atoms with Gasteiger partial charge in [-0.2, -0.15) is 21.1 Å². The number of benzene rings is 2. The summed E-state index contributed by atoms with van der Waals surface area (Å²) in [6, 6.07) is 12.6. The van der Waals surface area contributed by atoms with Crippen molar-refractivity contribution in [3.63, 3.8) is 0 Å². The number of nitrogens with zero attached hydrogens (tertiary/aromatic N) is 3. The second-order valence-electron chi connectivity index (χ2n) is 8.33. The van der Waals surface area contributed by atoms with Crippen molar-refractivity contribution < 1.29 is 17.9 Å². The molecule has 10 heteroatoms. The Morgan fingerprint density at radius 1 is 1.24 bits per heavy atom. The third-order valence-electron chi connectivity index (χ3n) is 5.99. The second kappa shape index (κ2) is 10.6. The molecular formula is C24H29N3O4S3. The van der Waals surface area contributed by atoms with Crippen LogP contribution in [0.1, 0.15) is 18.4 Å². The normalized spacial score (nSPS) is 17.9. The summed E-state index contributed by atoms with van der Waals surface area (Å²) in [6.45, 7) is 3.35. The minimum atomic E-state index is -3.69. The number of carbonyl (C=O) groups is 1. The number of thioether (sulfide) groups is 1. The fourth-order valence-corrected chi connectivity index (χ4v) is 7.16. The van der Waals surface area contributed by atoms with Crippen LogP contribution in [-0.2, 0) is 21.4 Å². The predicted molar refractivity (Wildman–Crippen MR) is 138 cm³/mol. The standard InChI is InChI=1S/C24H29N3O4S3/c1-17-6-11-21-22(15-17)33-24(27(21)13-14-32-3)25-23(28)18-5-4-12-26(16-18)34(29,30)20-9-7-19(31-2)8-10-20/h6-11,15,18H,4-5,12-14,16H2,1-3H3. The van der Waals surface area contributed by atoms with Gasteiger partial charge < -0.3 is 9.30 Å². The number of fused-ring (bicyclic) bond motifs is 1. The number of ether oxygens (including phenoxy) is 1. The maximum absolute atomic E-state index is 13.2. The first-order valence-corrected chi connectivity index (χ1v) is 14.8. The molecule has 7 nitrogen and oxygen atoms in total. The first-order chi connectivity index (χ1) is 16.3. The summed E-state index contributed by atoms with van der Waals surface area (Å²) >= 11 is 3.26. The summed E-state index contributed by atoms with van der Waals surface area (Å²) in [7, 11) is -2.16. The summed E-state index contributed by atoms with van der Waals surface area (Å²) in [5.41, 5.74) is 2.24. The number of sulfonamides is 1. The summed E-state index contributed by atoms with van der Waals surface area (Å²) in [6.07, 6.45) is 3.31. The Labute approximate surface area is 208 Å². The molecule has 0 radical (unpaired) electrons. The lowest BCUT2D eigenvalue weighted by Crippen LogP contribution is -2.42. The number of hydrogen-bond acceptors (Lipinski definition) is 6. The third kappa shape index (κ3) is 5.25. The fourth-order valence-electron chi connectivity index (χ4n) is 4.11. The highest BCUT2D eigenvalue weighted by Gasteiger charge is 2.33. The topological polar surface area (TPSA) is 81.0 Å². The lowest BCUT2D eigenvalue weighted by molar-refractivity contribution is -0.122. The lowest BCUT2D eigenvalue weighted by atomic mass is 9.99. The maximum Gasteiger partial charge on any atom is 0.252 e. The van der Waals surface area contributed by atoms with Gasteiger partial charge in [-0.15, -0.1) is 0 Å². The van der Waals surface area contributed by atoms with E-state index in [9.17, 15) is 13.2 Å². The van der Waals surface area contributed by atoms with Crippen molar-refractivity contribution in [1.82, 2.24) is 8.87 Å². The molecule has 2 heterocycles. The zero-order valence-electron chi connectivity index (χ0n) is 19.6. The molecule has 2 aromatic carbocycles. The Hall–Kier alpha value is -2.14. The van der Waals surface area contributed by atoms with Gasteiger partial charge in [0.05, 0.1) is 28.1 Å². The van der Waals surface area contributed by atoms with E-state index in [4.69, 9.17) is 4.74 Å². The average Bonchev–Trinajstić information content (AvgIpc) is 3.18. The molecule has 0 bridgehead atoms. The predicted octanol–water partition coefficient (Wildman–Crippen LogP) is 3.91. The SMILES string of the molecule is COc1ccc(S(=O)(=O)N2CCCC(C(=O)N=c3sc4cc(C)ccc4n3CCSC)C2)cc1. The van der Waals surface area contributed by atoms with Crippen LogP contribution in [0.15, 0.2) is 52.4 Å². The molecule has 4 rings (SSSR count). The molecule has 1 amide bonds. The minimum absolute atomic E-state index is 0.144. The van der Waals surface area contributed by atoms with E-state index >= 15 is 0 Å². The molecule has 1 saturated heterocycles. The van der Waals surface area contributed by atoms with E-state index in [1.54, 1.807) is 23.9 Å². The Kier molecular flexibility index (Phi) is 7.81. The Balaban J connectivity index is 1.60. The highest BCUT2D eigenvalue weighted by atomic mass is 32.2. The number of thiazole rings is 1. The van der Waals surface area contributed by atoms with E-state index in [0.717, 1.165) is 28.1 Å². The van der Waals surface area contributed by atoms with E-state index in [0.29, 0.717) is 29.9 Å². The van der Waals surface area contributed by atoms with Crippen molar-refractivity contribution in [3.05, 3.63) is 52.8 Å². The van der Waals surface area contributed by atoms with E-state index in [2.05, 4.69) is 34.0 Å². The molecule has 0 saturated carbocycles. The van der Waals surface area contributed by atoms with Gasteiger partial charge in [0.25, 0.3) is 5.91 Å². The van der Waals surface area contributed by atoms with Crippen molar-refractivity contribution in [2.45, 2.75) is 31.2 Å². The fraction of sp³-hybridized carbons (Fsp3) is 0.417. The van der Waals surface area contributed by atoms with Gasteiger partial charge >= 0.3 is 0 Å². The summed E-state index contributed by atoms with van der Waals surface area (Å²) < 4.78 is 36.1. The molecule has 1 aliphatic heterocycles. The zero-order chi connectivity index (χ0) is 24.3. The van der Waals surface area contributed by atoms with Crippen LogP contribution < -0.4 is 9.54 Å². The van der Waals surface area contributed by atoms with Crippen molar-refractivity contribution in [2.24, 2.45) is 10.9 Å². The van der Waals surface area contributed by atoms with Crippen LogP contribution in [0.3, 0.4) is 0 Å². The van der Waals surface area contributed by atoms with Crippen molar-refractivity contribution in [3.8, 4) is 5.75 Å². The highest BCUT2D eigenvalue weighted by Crippen LogP contribution is 2.26. The molecule has 1 atom stereocenters. The van der Waals surface area contributed by atoms with Crippen LogP contribution >= 0.6 is 23.1 Å². The first-order valence-electron chi connectivity index (χ1n) is 11.1. The average molecular weight is 520 g/mol. The molecule has 1 unspecified atom stereocenters. The Bertz CT molecular complexity index is 1340. The van der Waals surface area contributed by atoms with Crippen LogP contribution in [0.5, 0.6) is 5.75 Å². The van der Waals surface area contributed by atoms with Gasteiger partial charge in [-0.25, -0.2) is 8.42 Å². The number of aromatic nitrogens is 1. The van der Waals surface area contributed by atoms with E-state index in [-0.39, 0.29) is 17.3 Å². The van der Waals surface area contributed by atoms with Gasteiger partial charge in [0.15, 0.2) is 4.80 Å². The van der Waals surface area contributed by atoms with Crippen LogP contribution in [0, 0.1) is 12.8 Å². The highest BCUT2D eigenvalue weighted by molar-refractivity contribution is 7.98. The molecule has 34 heavy (non-hydrogen) atoms. The molecule has 182 valence electrons. The maximum atomic E-state index is 13.2. The number of carbonyl (C=O) groups excluding carboxylic acids is 1. The van der Waals surface area contributed by atoms with E-state index < -0.39 is 15.9 Å². The lowest BCUT2D eigenvalue weighted by Gasteiger charge is -2.30. The van der Waals surface area contributed by atoms with E-state index in [1.165, 1.54) is 34.9 Å². The molecule has 1 aromatic heterocycles. The quantitative estimate of drug-likeness (QED) is 0.473. The van der Waals surface area contributed by atoms with E-state index in [1.807, 2.05) is 6.92 Å². The molecular weight excluding hydrogens is 490 g/mol. The van der Waals surface area contributed by atoms with Crippen LogP contribution in [0.2, 0.25) is 0 Å². The van der Waals surface area contributed by atoms with Crippen LogP contribution in [0.4, 0.5) is 0 Å². The number of hydrogen-bond donors (Lipinski definition) is 0. The molecule has 1 fully saturated rings. The zero-order valence-corrected chi connectivity index (χ0v) is 22.0. The number of rotatable bonds is 7. The van der Waals surface area contributed by atoms with Gasteiger partial charge in [0.1, 0.15) is 5.75 Å². The molecule has 0 spiro atoms. The van der Waals surface area contributed by atoms with Crippen LogP contribution in [-0.4, -0.2) is 55.4 Å². The number of amides is 1. The number of aryl methyl sites for hydroxylation is 2. The Morgan fingerprint density at radius 3 is 2.71 bits per heavy atom. The number of piperidine rings is 1. The van der Waals surface area contributed by atoms with Crippen LogP contribution in [0.25, 0.3) is 10.2 Å². The minimum Gasteiger partial charge on any atom is -0.497 e. The van der Waals surface area contributed by atoms with Gasteiger partial charge in [0, 0.05) is 25.4 Å². The molecule has 0 N–H and O–H groups in total. The van der Waals surface area contributed by atoms with Gasteiger partial charge in [-0.3, -0.25) is 4.79 Å². The third-order valence-corrected chi connectivity index (χ3v) is 9.51. The van der Waals surface area contributed by atoms with Gasteiger partial charge in [-0.1, -0.05) is 17.4 Å². The van der Waals surface area contributed by atoms with Crippen molar-refractivity contribution in [1.29, 1.82) is 0 Å². The molecule has 1 aliphatic rings. The summed E-state index contributed by atoms with van der Waals surface area (Å²) in [5, 5.41) is 0. The molecule has 0 aliphatic carbocycles. The van der Waals surface area contributed by atoms with Crippen molar-refractivity contribution >= 4 is 49.2 Å². The van der Waals surface area contributed by atoms with Gasteiger partial charge in [0.2, 0.25) is 10.0 Å². The first kappa shape index (κ1) is 25.0. The smallest absolute Gasteiger partial charge is 0.252 e. The summed E-state index contributed by atoms with van der Waals surface area (Å²) in [5.74, 6) is 0.801. The Morgan fingerprint density at radius 2 is 2.00 bits per heavy atom. The summed E-state index contributed by atoms with van der Waals surface area (Å²) in [4.78, 5) is 18.6. The monoisotopic (exact) mass is 519 g/mol. The van der Waals surface area contributed by atoms with Crippen molar-refractivity contribution in [2.75, 3.05) is 32.2 Å². The largest absolute Gasteiger partial charge is 0.497 e. The molecule has 3 aromatic rings. The second-order valence-corrected chi connectivity index (χ2v) is 12.3.